The largest absolute Gasteiger partial charge is 0.356 e. The number of likely N-dealkylation sites (tertiary alicyclic amines) is 1. The summed E-state index contributed by atoms with van der Waals surface area (Å²) < 4.78 is 28.4. The first-order valence-electron chi connectivity index (χ1n) is 14.1. The van der Waals surface area contributed by atoms with E-state index in [2.05, 4.69) is 36.3 Å². The quantitative estimate of drug-likeness (QED) is 0.361. The van der Waals surface area contributed by atoms with Crippen LogP contribution in [0.4, 0.5) is 8.78 Å². The standard InChI is InChI=1S/C30H42ClF2N3O2/c1-30(2,3)36-17-24(23-14-13-22(32)16-26(23)33)25(18-36)29(38)34-15-5-8-27(19-9-11-21(31)12-10-19)35-28(37)20-6-4-7-20/h9,11,13-14,16,20,23-27H,4-8,10,12,15,17-18H2,1-3H3,(H,34,38)(H,35,37)/t23?,24-,25+,26?,27?/m0/s1. The van der Waals surface area contributed by atoms with Gasteiger partial charge in [-0.25, -0.2) is 8.78 Å². The van der Waals surface area contributed by atoms with Crippen molar-refractivity contribution in [1.82, 2.24) is 15.5 Å². The molecular formula is C30H42ClF2N3O2. The summed E-state index contributed by atoms with van der Waals surface area (Å²) in [7, 11) is 0. The van der Waals surface area contributed by atoms with E-state index in [1.807, 2.05) is 12.2 Å². The third-order valence-electron chi connectivity index (χ3n) is 8.65. The summed E-state index contributed by atoms with van der Waals surface area (Å²) in [6.45, 7) is 7.89. The Hall–Kier alpha value is -1.99. The molecule has 0 aromatic heterocycles. The van der Waals surface area contributed by atoms with Crippen LogP contribution in [-0.4, -0.2) is 54.1 Å². The number of nitrogens with one attached hydrogen (secondary N) is 2. The fourth-order valence-electron chi connectivity index (χ4n) is 5.93. The Morgan fingerprint density at radius 3 is 2.53 bits per heavy atom. The van der Waals surface area contributed by atoms with E-state index >= 15 is 0 Å². The molecule has 3 unspecified atom stereocenters. The van der Waals surface area contributed by atoms with Crippen LogP contribution < -0.4 is 10.6 Å². The van der Waals surface area contributed by atoms with Crippen molar-refractivity contribution < 1.29 is 18.4 Å². The SMILES string of the molecule is CC(C)(C)N1C[C@@H](C(=O)NCCCC(NC(=O)C2CCC2)C2=CC=C(Cl)CC2)[C@H](C2C=CC(F)=CC2F)C1. The fourth-order valence-corrected chi connectivity index (χ4v) is 6.09. The van der Waals surface area contributed by atoms with Crippen molar-refractivity contribution in [3.05, 3.63) is 46.8 Å². The minimum atomic E-state index is -1.44. The number of amides is 2. The summed E-state index contributed by atoms with van der Waals surface area (Å²) in [5, 5.41) is 7.15. The molecule has 2 fully saturated rings. The minimum absolute atomic E-state index is 0.0713. The highest BCUT2D eigenvalue weighted by atomic mass is 35.5. The monoisotopic (exact) mass is 549 g/mol. The van der Waals surface area contributed by atoms with Crippen LogP contribution in [0.15, 0.2) is 46.8 Å². The van der Waals surface area contributed by atoms with Gasteiger partial charge in [-0.05, 0) is 89.0 Å². The summed E-state index contributed by atoms with van der Waals surface area (Å²) in [4.78, 5) is 28.3. The van der Waals surface area contributed by atoms with Crippen LogP contribution in [0.5, 0.6) is 0 Å². The maximum atomic E-state index is 14.8. The van der Waals surface area contributed by atoms with Crippen LogP contribution in [0.3, 0.4) is 0 Å². The van der Waals surface area contributed by atoms with Crippen LogP contribution >= 0.6 is 11.6 Å². The van der Waals surface area contributed by atoms with Gasteiger partial charge in [0.2, 0.25) is 11.8 Å². The van der Waals surface area contributed by atoms with Crippen LogP contribution in [0.2, 0.25) is 0 Å². The molecule has 0 aromatic carbocycles. The summed E-state index contributed by atoms with van der Waals surface area (Å²) in [5.41, 5.74) is 1.01. The van der Waals surface area contributed by atoms with E-state index in [0.717, 1.165) is 49.6 Å². The number of allylic oxidation sites excluding steroid dienone is 7. The molecule has 4 aliphatic rings. The molecule has 38 heavy (non-hydrogen) atoms. The van der Waals surface area contributed by atoms with Gasteiger partial charge in [0.1, 0.15) is 12.0 Å². The Bertz CT molecular complexity index is 1010. The van der Waals surface area contributed by atoms with E-state index in [1.54, 1.807) is 6.08 Å². The lowest BCUT2D eigenvalue weighted by Gasteiger charge is -2.32. The highest BCUT2D eigenvalue weighted by Gasteiger charge is 2.46. The number of halogens is 3. The van der Waals surface area contributed by atoms with Crippen LogP contribution in [0.25, 0.3) is 0 Å². The predicted molar refractivity (Wildman–Crippen MR) is 148 cm³/mol. The van der Waals surface area contributed by atoms with E-state index in [-0.39, 0.29) is 41.1 Å². The highest BCUT2D eigenvalue weighted by Crippen LogP contribution is 2.39. The van der Waals surface area contributed by atoms with E-state index in [1.165, 1.54) is 11.6 Å². The minimum Gasteiger partial charge on any atom is -0.356 e. The molecule has 0 radical (unpaired) electrons. The normalized spacial score (nSPS) is 29.2. The first-order valence-corrected chi connectivity index (χ1v) is 14.5. The summed E-state index contributed by atoms with van der Waals surface area (Å²) in [5.74, 6) is -1.55. The van der Waals surface area contributed by atoms with Crippen molar-refractivity contribution in [3.63, 3.8) is 0 Å². The molecule has 0 spiro atoms. The van der Waals surface area contributed by atoms with Crippen LogP contribution in [-0.2, 0) is 9.59 Å². The third kappa shape index (κ3) is 7.15. The molecule has 5 atom stereocenters. The van der Waals surface area contributed by atoms with Gasteiger partial charge in [-0.3, -0.25) is 14.5 Å². The fraction of sp³-hybridized carbons (Fsp3) is 0.667. The van der Waals surface area contributed by atoms with Gasteiger partial charge in [0.25, 0.3) is 0 Å². The first-order chi connectivity index (χ1) is 18.0. The summed E-state index contributed by atoms with van der Waals surface area (Å²) in [6.07, 6.45) is 12.4. The second kappa shape index (κ2) is 12.5. The molecule has 2 N–H and O–H groups in total. The number of alkyl halides is 1. The Morgan fingerprint density at radius 2 is 1.92 bits per heavy atom. The second-order valence-electron chi connectivity index (χ2n) is 12.3. The smallest absolute Gasteiger partial charge is 0.224 e. The van der Waals surface area contributed by atoms with Crippen molar-refractivity contribution in [1.29, 1.82) is 0 Å². The van der Waals surface area contributed by atoms with Crippen LogP contribution in [0.1, 0.15) is 65.7 Å². The molecule has 2 amide bonds. The Kier molecular flexibility index (Phi) is 9.51. The molecule has 5 nitrogen and oxygen atoms in total. The molecular weight excluding hydrogens is 508 g/mol. The summed E-state index contributed by atoms with van der Waals surface area (Å²) >= 11 is 6.15. The number of hydrogen-bond acceptors (Lipinski definition) is 3. The molecule has 0 bridgehead atoms. The molecule has 210 valence electrons. The van der Waals surface area contributed by atoms with Crippen molar-refractivity contribution in [2.75, 3.05) is 19.6 Å². The third-order valence-corrected chi connectivity index (χ3v) is 8.96. The van der Waals surface area contributed by atoms with Crippen molar-refractivity contribution in [2.24, 2.45) is 23.7 Å². The Morgan fingerprint density at radius 1 is 1.16 bits per heavy atom. The van der Waals surface area contributed by atoms with Gasteiger partial charge in [-0.1, -0.05) is 30.2 Å². The zero-order chi connectivity index (χ0) is 27.4. The molecule has 4 rings (SSSR count). The second-order valence-corrected chi connectivity index (χ2v) is 12.7. The van der Waals surface area contributed by atoms with Gasteiger partial charge < -0.3 is 10.6 Å². The molecule has 1 saturated heterocycles. The van der Waals surface area contributed by atoms with Gasteiger partial charge in [-0.15, -0.1) is 0 Å². The van der Waals surface area contributed by atoms with Gasteiger partial charge in [0.05, 0.1) is 12.0 Å². The highest BCUT2D eigenvalue weighted by molar-refractivity contribution is 6.29. The van der Waals surface area contributed by atoms with Gasteiger partial charge in [-0.2, -0.15) is 0 Å². The van der Waals surface area contributed by atoms with E-state index in [0.29, 0.717) is 26.1 Å². The van der Waals surface area contributed by atoms with E-state index in [9.17, 15) is 18.4 Å². The van der Waals surface area contributed by atoms with Crippen molar-refractivity contribution >= 4 is 23.4 Å². The first kappa shape index (κ1) is 29.0. The maximum Gasteiger partial charge on any atom is 0.224 e. The molecule has 1 heterocycles. The van der Waals surface area contributed by atoms with E-state index in [4.69, 9.17) is 11.6 Å². The van der Waals surface area contributed by atoms with Gasteiger partial charge in [0, 0.05) is 42.0 Å². The lowest BCUT2D eigenvalue weighted by Crippen LogP contribution is -2.43. The molecule has 8 heteroatoms. The van der Waals surface area contributed by atoms with E-state index < -0.39 is 17.9 Å². The maximum absolute atomic E-state index is 14.8. The number of hydrogen-bond donors (Lipinski definition) is 2. The topological polar surface area (TPSA) is 61.4 Å². The predicted octanol–water partition coefficient (Wildman–Crippen LogP) is 5.73. The van der Waals surface area contributed by atoms with Crippen LogP contribution in [0, 0.1) is 23.7 Å². The molecule has 3 aliphatic carbocycles. The average molecular weight is 550 g/mol. The zero-order valence-electron chi connectivity index (χ0n) is 22.8. The van der Waals surface area contributed by atoms with Gasteiger partial charge in [0.15, 0.2) is 0 Å². The number of nitrogens with zero attached hydrogens (tertiary/aromatic N) is 1. The Labute approximate surface area is 230 Å². The average Bonchev–Trinajstić information content (AvgIpc) is 3.26. The zero-order valence-corrected chi connectivity index (χ0v) is 23.6. The number of carbonyl (C=O) groups is 2. The summed E-state index contributed by atoms with van der Waals surface area (Å²) in [6, 6.07) is -0.0713. The number of rotatable bonds is 9. The lowest BCUT2D eigenvalue weighted by atomic mass is 9.79. The molecule has 1 saturated carbocycles. The Balaban J connectivity index is 1.35. The lowest BCUT2D eigenvalue weighted by molar-refractivity contribution is -0.128. The van der Waals surface area contributed by atoms with Crippen molar-refractivity contribution in [2.45, 2.75) is 83.5 Å². The van der Waals surface area contributed by atoms with Gasteiger partial charge >= 0.3 is 0 Å². The van der Waals surface area contributed by atoms with Crippen molar-refractivity contribution in [3.8, 4) is 0 Å². The molecule has 1 aliphatic heterocycles. The molecule has 0 aromatic rings. The number of carbonyl (C=O) groups excluding carboxylic acids is 2.